The average Bonchev–Trinajstić information content (AvgIpc) is 4.02. The second-order valence-electron chi connectivity index (χ2n) is 16.8. The highest BCUT2D eigenvalue weighted by Crippen LogP contribution is 2.59. The van der Waals surface area contributed by atoms with Crippen molar-refractivity contribution in [3.8, 4) is 27.9 Å². The van der Waals surface area contributed by atoms with Gasteiger partial charge in [-0.25, -0.2) is 0 Å². The maximum Gasteiger partial charge on any atom is 0.136 e. The van der Waals surface area contributed by atoms with Crippen molar-refractivity contribution >= 4 is 60.8 Å². The first-order valence-electron chi connectivity index (χ1n) is 22.0. The summed E-state index contributed by atoms with van der Waals surface area (Å²) in [6, 6.07) is 88.3. The largest absolute Gasteiger partial charge is 0.456 e. The molecule has 1 aliphatic rings. The molecule has 13 rings (SSSR count). The molecule has 1 aliphatic carbocycles. The van der Waals surface area contributed by atoms with Crippen molar-refractivity contribution in [2.24, 2.45) is 0 Å². The van der Waals surface area contributed by atoms with Crippen LogP contribution in [-0.2, 0) is 5.41 Å². The number of fused-ring (bicyclic) bond motifs is 9. The van der Waals surface area contributed by atoms with Gasteiger partial charge in [-0.3, -0.25) is 0 Å². The SMILES string of the molecule is c1ccc(C2(c3ccccc3)c3ccccc3-c3c(N(c4ccc(-c5cccc6oc7ccccc7c56)cc4)c4ccc(-n5c6ccccc6c6ccccc65)cc4)cccc32)cc1. The Morgan fingerprint density at radius 1 is 0.375 bits per heavy atom. The van der Waals surface area contributed by atoms with Gasteiger partial charge in [0.05, 0.1) is 22.1 Å². The smallest absolute Gasteiger partial charge is 0.136 e. The summed E-state index contributed by atoms with van der Waals surface area (Å²) in [5.41, 5.74) is 17.9. The number of nitrogens with zero attached hydrogens (tertiary/aromatic N) is 2. The van der Waals surface area contributed by atoms with Crippen LogP contribution in [0.1, 0.15) is 22.3 Å². The molecule has 0 spiro atoms. The molecule has 0 aliphatic heterocycles. The van der Waals surface area contributed by atoms with E-state index in [0.29, 0.717) is 0 Å². The fourth-order valence-electron chi connectivity index (χ4n) is 10.8. The summed E-state index contributed by atoms with van der Waals surface area (Å²) in [7, 11) is 0. The Labute approximate surface area is 371 Å². The van der Waals surface area contributed by atoms with Crippen molar-refractivity contribution in [3.05, 3.63) is 265 Å². The lowest BCUT2D eigenvalue weighted by molar-refractivity contribution is 0.669. The maximum absolute atomic E-state index is 6.32. The van der Waals surface area contributed by atoms with E-state index in [9.17, 15) is 0 Å². The molecule has 2 heterocycles. The maximum atomic E-state index is 6.32. The van der Waals surface area contributed by atoms with Gasteiger partial charge in [0, 0.05) is 44.2 Å². The number of anilines is 3. The van der Waals surface area contributed by atoms with E-state index in [1.165, 1.54) is 55.2 Å². The third-order valence-electron chi connectivity index (χ3n) is 13.5. The second kappa shape index (κ2) is 14.3. The molecule has 2 aromatic heterocycles. The second-order valence-corrected chi connectivity index (χ2v) is 16.8. The number of benzene rings is 10. The molecule has 3 heteroatoms. The molecular formula is C61H40N2O. The van der Waals surface area contributed by atoms with Crippen molar-refractivity contribution in [3.63, 3.8) is 0 Å². The van der Waals surface area contributed by atoms with E-state index >= 15 is 0 Å². The van der Waals surface area contributed by atoms with Crippen LogP contribution in [0.2, 0.25) is 0 Å². The molecule has 0 unspecified atom stereocenters. The average molecular weight is 817 g/mol. The van der Waals surface area contributed by atoms with Crippen LogP contribution in [0.3, 0.4) is 0 Å². The van der Waals surface area contributed by atoms with Gasteiger partial charge in [-0.1, -0.05) is 176 Å². The van der Waals surface area contributed by atoms with Crippen molar-refractivity contribution < 1.29 is 4.42 Å². The van der Waals surface area contributed by atoms with Gasteiger partial charge in [0.25, 0.3) is 0 Å². The number of hydrogen-bond donors (Lipinski definition) is 0. The molecule has 0 N–H and O–H groups in total. The first kappa shape index (κ1) is 36.3. The van der Waals surface area contributed by atoms with Gasteiger partial charge in [0.15, 0.2) is 0 Å². The summed E-state index contributed by atoms with van der Waals surface area (Å²) in [6.07, 6.45) is 0. The fraction of sp³-hybridized carbons (Fsp3) is 0.0164. The Balaban J connectivity index is 1.03. The van der Waals surface area contributed by atoms with Gasteiger partial charge in [-0.2, -0.15) is 0 Å². The molecule has 0 radical (unpaired) electrons. The van der Waals surface area contributed by atoms with E-state index in [4.69, 9.17) is 4.42 Å². The van der Waals surface area contributed by atoms with E-state index in [2.05, 4.69) is 240 Å². The number of furan rings is 1. The Hall–Kier alpha value is -8.40. The Morgan fingerprint density at radius 2 is 0.891 bits per heavy atom. The highest BCUT2D eigenvalue weighted by Gasteiger charge is 2.47. The number of para-hydroxylation sites is 3. The summed E-state index contributed by atoms with van der Waals surface area (Å²) >= 11 is 0. The molecule has 0 saturated heterocycles. The lowest BCUT2D eigenvalue weighted by Gasteiger charge is -2.34. The topological polar surface area (TPSA) is 21.3 Å². The van der Waals surface area contributed by atoms with Gasteiger partial charge in [0.1, 0.15) is 11.2 Å². The number of aromatic nitrogens is 1. The van der Waals surface area contributed by atoms with E-state index in [0.717, 1.165) is 55.8 Å². The van der Waals surface area contributed by atoms with Crippen LogP contribution in [0, 0.1) is 0 Å². The zero-order valence-electron chi connectivity index (χ0n) is 34.9. The van der Waals surface area contributed by atoms with Gasteiger partial charge in [-0.05, 0) is 106 Å². The van der Waals surface area contributed by atoms with Crippen molar-refractivity contribution in [1.82, 2.24) is 4.57 Å². The first-order valence-corrected chi connectivity index (χ1v) is 22.0. The highest BCUT2D eigenvalue weighted by atomic mass is 16.3. The van der Waals surface area contributed by atoms with E-state index in [1.54, 1.807) is 0 Å². The van der Waals surface area contributed by atoms with Crippen LogP contribution < -0.4 is 4.90 Å². The van der Waals surface area contributed by atoms with Crippen LogP contribution >= 0.6 is 0 Å². The van der Waals surface area contributed by atoms with Crippen molar-refractivity contribution in [2.45, 2.75) is 5.41 Å². The van der Waals surface area contributed by atoms with Crippen molar-refractivity contribution in [1.29, 1.82) is 0 Å². The van der Waals surface area contributed by atoms with Gasteiger partial charge >= 0.3 is 0 Å². The summed E-state index contributed by atoms with van der Waals surface area (Å²) in [6.45, 7) is 0. The summed E-state index contributed by atoms with van der Waals surface area (Å²) in [5, 5.41) is 4.77. The van der Waals surface area contributed by atoms with Gasteiger partial charge in [0.2, 0.25) is 0 Å². The first-order chi connectivity index (χ1) is 31.8. The lowest BCUT2D eigenvalue weighted by atomic mass is 9.68. The molecule has 3 nitrogen and oxygen atoms in total. The number of rotatable bonds is 7. The molecule has 12 aromatic rings. The minimum atomic E-state index is -0.521. The molecule has 0 fully saturated rings. The number of hydrogen-bond acceptors (Lipinski definition) is 2. The Morgan fingerprint density at radius 3 is 1.58 bits per heavy atom. The predicted molar refractivity (Wildman–Crippen MR) is 265 cm³/mol. The Kier molecular flexibility index (Phi) is 8.13. The van der Waals surface area contributed by atoms with Crippen LogP contribution in [0.5, 0.6) is 0 Å². The molecule has 0 amide bonds. The summed E-state index contributed by atoms with van der Waals surface area (Å²) < 4.78 is 8.71. The monoisotopic (exact) mass is 816 g/mol. The normalized spacial score (nSPS) is 12.8. The summed E-state index contributed by atoms with van der Waals surface area (Å²) in [4.78, 5) is 2.45. The van der Waals surface area contributed by atoms with Crippen LogP contribution in [0.25, 0.3) is 71.7 Å². The lowest BCUT2D eigenvalue weighted by Crippen LogP contribution is -2.28. The molecular weight excluding hydrogens is 777 g/mol. The standard InChI is InChI=1S/C61H40N2O/c1-3-17-42(18-4-1)61(43-19-5-2-6-20-43)52-26-11-7-23-50(52)60-53(61)27-16-30-56(60)62(44-35-33-41(34-36-44)47-25-15-32-58-59(47)51-24-10-14-31-57(51)64-58)45-37-39-46(40-38-45)63-54-28-12-8-21-48(54)49-22-9-13-29-55(49)63/h1-40H. The molecule has 10 aromatic carbocycles. The quantitative estimate of drug-likeness (QED) is 0.160. The zero-order chi connectivity index (χ0) is 42.2. The molecule has 0 saturated carbocycles. The van der Waals surface area contributed by atoms with E-state index < -0.39 is 5.41 Å². The zero-order valence-corrected chi connectivity index (χ0v) is 34.9. The minimum Gasteiger partial charge on any atom is -0.456 e. The molecule has 0 bridgehead atoms. The highest BCUT2D eigenvalue weighted by molar-refractivity contribution is 6.13. The van der Waals surface area contributed by atoms with E-state index in [-0.39, 0.29) is 0 Å². The van der Waals surface area contributed by atoms with Gasteiger partial charge in [-0.15, -0.1) is 0 Å². The Bertz CT molecular complexity index is 3620. The van der Waals surface area contributed by atoms with Gasteiger partial charge < -0.3 is 13.9 Å². The fourth-order valence-corrected chi connectivity index (χ4v) is 10.8. The molecule has 0 atom stereocenters. The third-order valence-corrected chi connectivity index (χ3v) is 13.5. The predicted octanol–water partition coefficient (Wildman–Crippen LogP) is 16.2. The van der Waals surface area contributed by atoms with Crippen LogP contribution in [-0.4, -0.2) is 4.57 Å². The summed E-state index contributed by atoms with van der Waals surface area (Å²) in [5.74, 6) is 0. The van der Waals surface area contributed by atoms with Crippen molar-refractivity contribution in [2.75, 3.05) is 4.90 Å². The van der Waals surface area contributed by atoms with E-state index in [1.807, 2.05) is 12.1 Å². The van der Waals surface area contributed by atoms with Crippen LogP contribution in [0.4, 0.5) is 17.1 Å². The molecule has 64 heavy (non-hydrogen) atoms. The minimum absolute atomic E-state index is 0.521. The van der Waals surface area contributed by atoms with Crippen LogP contribution in [0.15, 0.2) is 247 Å². The molecule has 300 valence electrons. The third kappa shape index (κ3) is 5.28.